The third-order valence-electron chi connectivity index (χ3n) is 6.50. The fourth-order valence-electron chi connectivity index (χ4n) is 4.75. The summed E-state index contributed by atoms with van der Waals surface area (Å²) in [7, 11) is 0. The lowest BCUT2D eigenvalue weighted by molar-refractivity contribution is 0.172. The maximum absolute atomic E-state index is 12.8. The lowest BCUT2D eigenvalue weighted by Crippen LogP contribution is -2.16. The van der Waals surface area contributed by atoms with E-state index in [0.29, 0.717) is 59.2 Å². The zero-order chi connectivity index (χ0) is 24.8. The molecule has 0 spiro atoms. The van der Waals surface area contributed by atoms with Gasteiger partial charge in [-0.25, -0.2) is 4.98 Å². The number of nitrogens with zero attached hydrogens (tertiary/aromatic N) is 4. The van der Waals surface area contributed by atoms with Crippen molar-refractivity contribution in [3.8, 4) is 17.6 Å². The summed E-state index contributed by atoms with van der Waals surface area (Å²) < 4.78 is 13.2. The molecule has 0 unspecified atom stereocenters. The van der Waals surface area contributed by atoms with E-state index in [1.165, 1.54) is 6.21 Å². The summed E-state index contributed by atoms with van der Waals surface area (Å²) in [6.45, 7) is 4.92. The molecule has 6 rings (SSSR count). The smallest absolute Gasteiger partial charge is 0.257 e. The molecule has 0 aliphatic carbocycles. The maximum Gasteiger partial charge on any atom is 0.257 e. The first-order chi connectivity index (χ1) is 17.6. The Bertz CT molecular complexity index is 1810. The molecule has 0 atom stereocenters. The summed E-state index contributed by atoms with van der Waals surface area (Å²) in [5.41, 5.74) is 8.50. The Morgan fingerprint density at radius 1 is 1.22 bits per heavy atom. The van der Waals surface area contributed by atoms with E-state index >= 15 is 0 Å². The van der Waals surface area contributed by atoms with Crippen LogP contribution in [0.15, 0.2) is 52.4 Å². The molecule has 0 bridgehead atoms. The van der Waals surface area contributed by atoms with E-state index in [4.69, 9.17) is 14.5 Å². The van der Waals surface area contributed by atoms with Crippen LogP contribution in [0.25, 0.3) is 27.6 Å². The van der Waals surface area contributed by atoms with Gasteiger partial charge in [-0.2, -0.15) is 10.4 Å². The number of benzene rings is 2. The van der Waals surface area contributed by atoms with Crippen LogP contribution in [0.4, 0.5) is 5.82 Å². The molecule has 0 saturated heterocycles. The number of nitriles is 1. The summed E-state index contributed by atoms with van der Waals surface area (Å²) in [6.07, 6.45) is 2.18. The number of ether oxygens (including phenoxy) is 2. The van der Waals surface area contributed by atoms with Gasteiger partial charge in [0.15, 0.2) is 17.1 Å². The third kappa shape index (κ3) is 3.34. The first-order valence-corrected chi connectivity index (χ1v) is 11.7. The highest BCUT2D eigenvalue weighted by Crippen LogP contribution is 2.34. The van der Waals surface area contributed by atoms with Gasteiger partial charge in [0.25, 0.3) is 5.56 Å². The largest absolute Gasteiger partial charge is 0.486 e. The lowest BCUT2D eigenvalue weighted by Gasteiger charge is -2.18. The maximum atomic E-state index is 12.8. The second-order valence-electron chi connectivity index (χ2n) is 8.56. The molecule has 1 aliphatic rings. The van der Waals surface area contributed by atoms with Gasteiger partial charge >= 0.3 is 0 Å². The van der Waals surface area contributed by atoms with Crippen LogP contribution in [0.5, 0.6) is 11.5 Å². The highest BCUT2D eigenvalue weighted by atomic mass is 16.6. The molecule has 1 aliphatic heterocycles. The van der Waals surface area contributed by atoms with Crippen LogP contribution in [-0.4, -0.2) is 33.8 Å². The molecule has 3 aromatic heterocycles. The van der Waals surface area contributed by atoms with E-state index in [9.17, 15) is 10.1 Å². The Morgan fingerprint density at radius 3 is 2.78 bits per heavy atom. The average Bonchev–Trinajstić information content (AvgIpc) is 3.27. The molecule has 36 heavy (non-hydrogen) atoms. The zero-order valence-electron chi connectivity index (χ0n) is 19.8. The molecular weight excluding hydrogens is 456 g/mol. The van der Waals surface area contributed by atoms with Gasteiger partial charge in [-0.05, 0) is 48.7 Å². The minimum Gasteiger partial charge on any atom is -0.486 e. The Labute approximate surface area is 205 Å². The topological polar surface area (TPSA) is 117 Å². The number of pyridine rings is 2. The van der Waals surface area contributed by atoms with Crippen molar-refractivity contribution in [2.45, 2.75) is 20.3 Å². The van der Waals surface area contributed by atoms with Crippen LogP contribution in [0, 0.1) is 18.3 Å². The summed E-state index contributed by atoms with van der Waals surface area (Å²) in [5.74, 6) is 1.98. The predicted octanol–water partition coefficient (Wildman–Crippen LogP) is 4.29. The van der Waals surface area contributed by atoms with Crippen molar-refractivity contribution in [3.05, 3.63) is 75.1 Å². The molecule has 2 aromatic carbocycles. The van der Waals surface area contributed by atoms with Crippen molar-refractivity contribution in [1.82, 2.24) is 14.4 Å². The van der Waals surface area contributed by atoms with Crippen LogP contribution in [-0.2, 0) is 6.42 Å². The minimum absolute atomic E-state index is 0.269. The Morgan fingerprint density at radius 2 is 2.00 bits per heavy atom. The number of imidazole rings is 1. The second-order valence-corrected chi connectivity index (χ2v) is 8.56. The fourth-order valence-corrected chi connectivity index (χ4v) is 4.75. The molecule has 9 heteroatoms. The second kappa shape index (κ2) is 8.43. The number of nitrogens with one attached hydrogen (secondary N) is 2. The SMILES string of the molecule is CCc1c(C)c(C#N)c2nc3ccccc3n2c1N/N=C/c1cc2cc3c(cc2[nH]c1=O)OCCO3. The van der Waals surface area contributed by atoms with Crippen LogP contribution in [0.2, 0.25) is 0 Å². The number of aromatic amines is 1. The molecule has 5 aromatic rings. The van der Waals surface area contributed by atoms with Gasteiger partial charge in [0.05, 0.1) is 33.9 Å². The van der Waals surface area contributed by atoms with Crippen molar-refractivity contribution in [2.24, 2.45) is 5.10 Å². The van der Waals surface area contributed by atoms with Gasteiger partial charge in [0.2, 0.25) is 0 Å². The van der Waals surface area contributed by atoms with Gasteiger partial charge in [-0.3, -0.25) is 14.6 Å². The van der Waals surface area contributed by atoms with E-state index in [-0.39, 0.29) is 5.56 Å². The summed E-state index contributed by atoms with van der Waals surface area (Å²) in [5, 5.41) is 15.1. The summed E-state index contributed by atoms with van der Waals surface area (Å²) in [6, 6.07) is 15.4. The molecule has 0 amide bonds. The fraction of sp³-hybridized carbons (Fsp3) is 0.185. The molecule has 0 radical (unpaired) electrons. The van der Waals surface area contributed by atoms with Crippen molar-refractivity contribution >= 4 is 39.6 Å². The van der Waals surface area contributed by atoms with Crippen LogP contribution >= 0.6 is 0 Å². The highest BCUT2D eigenvalue weighted by molar-refractivity contribution is 5.90. The van der Waals surface area contributed by atoms with E-state index in [2.05, 4.69) is 21.6 Å². The lowest BCUT2D eigenvalue weighted by atomic mass is 10.0. The molecule has 2 N–H and O–H groups in total. The van der Waals surface area contributed by atoms with Gasteiger partial charge < -0.3 is 14.5 Å². The van der Waals surface area contributed by atoms with E-state index < -0.39 is 0 Å². The number of para-hydroxylation sites is 2. The average molecular weight is 479 g/mol. The van der Waals surface area contributed by atoms with Gasteiger partial charge in [0, 0.05) is 11.5 Å². The summed E-state index contributed by atoms with van der Waals surface area (Å²) in [4.78, 5) is 20.3. The van der Waals surface area contributed by atoms with Gasteiger partial charge in [-0.15, -0.1) is 0 Å². The van der Waals surface area contributed by atoms with E-state index in [0.717, 1.165) is 27.5 Å². The van der Waals surface area contributed by atoms with Crippen LogP contribution in [0.1, 0.15) is 29.2 Å². The number of anilines is 1. The van der Waals surface area contributed by atoms with Crippen molar-refractivity contribution in [3.63, 3.8) is 0 Å². The number of hydrazone groups is 1. The Hall–Kier alpha value is -4.84. The quantitative estimate of drug-likeness (QED) is 0.294. The number of aromatic nitrogens is 3. The van der Waals surface area contributed by atoms with E-state index in [1.54, 1.807) is 12.1 Å². The first kappa shape index (κ1) is 21.7. The van der Waals surface area contributed by atoms with Gasteiger partial charge in [0.1, 0.15) is 25.1 Å². The van der Waals surface area contributed by atoms with Crippen LogP contribution < -0.4 is 20.5 Å². The molecule has 4 heterocycles. The highest BCUT2D eigenvalue weighted by Gasteiger charge is 2.20. The predicted molar refractivity (Wildman–Crippen MR) is 138 cm³/mol. The monoisotopic (exact) mass is 478 g/mol. The zero-order valence-corrected chi connectivity index (χ0v) is 19.8. The minimum atomic E-state index is -0.269. The Balaban J connectivity index is 1.45. The number of fused-ring (bicyclic) bond motifs is 5. The van der Waals surface area contributed by atoms with Gasteiger partial charge in [-0.1, -0.05) is 19.1 Å². The molecular formula is C27H22N6O3. The number of hydrogen-bond acceptors (Lipinski definition) is 7. The standard InChI is InChI=1S/C27H22N6O3/c1-3-18-15(2)19(13-28)25-30-20-6-4-5-7-22(20)33(25)26(18)32-29-14-17-10-16-11-23-24(36-9-8-35-23)12-21(16)31-27(17)34/h4-7,10-12,14,32H,3,8-9H2,1-2H3,(H,31,34)/b29-14+. The number of rotatable bonds is 4. The number of hydrogen-bond donors (Lipinski definition) is 2. The normalized spacial score (nSPS) is 13.0. The molecule has 0 saturated carbocycles. The van der Waals surface area contributed by atoms with Crippen molar-refractivity contribution in [2.75, 3.05) is 18.6 Å². The van der Waals surface area contributed by atoms with E-state index in [1.807, 2.05) is 48.6 Å². The van der Waals surface area contributed by atoms with Crippen molar-refractivity contribution in [1.29, 1.82) is 5.26 Å². The first-order valence-electron chi connectivity index (χ1n) is 11.7. The number of H-pyrrole nitrogens is 1. The molecule has 178 valence electrons. The molecule has 9 nitrogen and oxygen atoms in total. The summed E-state index contributed by atoms with van der Waals surface area (Å²) >= 11 is 0. The van der Waals surface area contributed by atoms with Crippen LogP contribution in [0.3, 0.4) is 0 Å². The van der Waals surface area contributed by atoms with Crippen molar-refractivity contribution < 1.29 is 9.47 Å². The Kier molecular flexibility index (Phi) is 5.08. The molecule has 0 fully saturated rings. The third-order valence-corrected chi connectivity index (χ3v) is 6.50.